The lowest BCUT2D eigenvalue weighted by Gasteiger charge is -2.35. The minimum Gasteiger partial charge on any atom is -0.306 e. The van der Waals surface area contributed by atoms with E-state index < -0.39 is 0 Å². The molecule has 1 atom stereocenters. The van der Waals surface area contributed by atoms with Gasteiger partial charge in [-0.05, 0) is 88.2 Å². The van der Waals surface area contributed by atoms with E-state index in [9.17, 15) is 4.39 Å². The molecule has 0 amide bonds. The Labute approximate surface area is 152 Å². The van der Waals surface area contributed by atoms with E-state index in [1.165, 1.54) is 64.3 Å². The van der Waals surface area contributed by atoms with Crippen molar-refractivity contribution in [1.29, 1.82) is 0 Å². The molecule has 0 unspecified atom stereocenters. The molecule has 1 aromatic rings. The van der Waals surface area contributed by atoms with Gasteiger partial charge in [-0.15, -0.1) is 0 Å². The van der Waals surface area contributed by atoms with Gasteiger partial charge in [0.2, 0.25) is 0 Å². The fraction of sp³-hybridized carbons (Fsp3) is 0.636. The van der Waals surface area contributed by atoms with Crippen molar-refractivity contribution >= 4 is 0 Å². The van der Waals surface area contributed by atoms with Gasteiger partial charge in [0, 0.05) is 19.6 Å². The summed E-state index contributed by atoms with van der Waals surface area (Å²) in [6.45, 7) is 5.95. The van der Waals surface area contributed by atoms with Crippen molar-refractivity contribution in [3.05, 3.63) is 47.8 Å². The minimum absolute atomic E-state index is 0.118. The van der Waals surface area contributed by atoms with Gasteiger partial charge < -0.3 is 9.80 Å². The summed E-state index contributed by atoms with van der Waals surface area (Å²) in [4.78, 5) is 5.12. The Bertz CT molecular complexity index is 549. The second-order valence-electron chi connectivity index (χ2n) is 8.04. The Morgan fingerprint density at radius 1 is 1.08 bits per heavy atom. The van der Waals surface area contributed by atoms with Crippen molar-refractivity contribution < 1.29 is 4.39 Å². The maximum atomic E-state index is 13.3. The van der Waals surface area contributed by atoms with Crippen molar-refractivity contribution in [2.24, 2.45) is 11.8 Å². The monoisotopic (exact) mass is 344 g/mol. The molecule has 138 valence electrons. The van der Waals surface area contributed by atoms with E-state index in [1.807, 2.05) is 12.1 Å². The van der Waals surface area contributed by atoms with E-state index in [2.05, 4.69) is 29.0 Å². The van der Waals surface area contributed by atoms with Crippen LogP contribution in [0.3, 0.4) is 0 Å². The van der Waals surface area contributed by atoms with E-state index in [1.54, 1.807) is 6.07 Å². The van der Waals surface area contributed by atoms with Crippen LogP contribution in [0, 0.1) is 17.7 Å². The van der Waals surface area contributed by atoms with Gasteiger partial charge in [0.05, 0.1) is 0 Å². The number of nitrogens with zero attached hydrogens (tertiary/aromatic N) is 2. The number of halogens is 1. The first-order chi connectivity index (χ1) is 12.2. The molecule has 0 spiro atoms. The third kappa shape index (κ3) is 6.23. The van der Waals surface area contributed by atoms with Crippen molar-refractivity contribution in [3.63, 3.8) is 0 Å². The summed E-state index contributed by atoms with van der Waals surface area (Å²) in [6.07, 6.45) is 12.1. The summed E-state index contributed by atoms with van der Waals surface area (Å²) >= 11 is 0. The highest BCUT2D eigenvalue weighted by Crippen LogP contribution is 2.22. The number of piperidine rings is 1. The summed E-state index contributed by atoms with van der Waals surface area (Å²) in [7, 11) is 2.30. The topological polar surface area (TPSA) is 6.48 Å². The number of hydrogen-bond acceptors (Lipinski definition) is 2. The van der Waals surface area contributed by atoms with Gasteiger partial charge in [-0.1, -0.05) is 24.3 Å². The van der Waals surface area contributed by atoms with E-state index in [-0.39, 0.29) is 5.82 Å². The van der Waals surface area contributed by atoms with E-state index in [0.717, 1.165) is 30.4 Å². The first-order valence-electron chi connectivity index (χ1n) is 9.99. The number of hydrogen-bond donors (Lipinski definition) is 0. The summed E-state index contributed by atoms with van der Waals surface area (Å²) < 4.78 is 13.3. The zero-order chi connectivity index (χ0) is 17.5. The van der Waals surface area contributed by atoms with Crippen molar-refractivity contribution in [2.45, 2.75) is 38.5 Å². The molecule has 1 aliphatic carbocycles. The molecule has 0 bridgehead atoms. The van der Waals surface area contributed by atoms with Gasteiger partial charge in [0.25, 0.3) is 0 Å². The standard InChI is InChI=1S/C22H33FN2/c1-24(17-20-6-3-2-4-7-20)18-21-11-14-25(15-12-21)13-10-19-8-5-9-22(23)16-19/h2-3,5,8-9,16,20-21H,4,6-7,10-15,17-18H2,1H3/t20-/m0/s1. The maximum absolute atomic E-state index is 13.3. The van der Waals surface area contributed by atoms with Gasteiger partial charge in [-0.2, -0.15) is 0 Å². The molecule has 0 radical (unpaired) electrons. The Morgan fingerprint density at radius 3 is 2.60 bits per heavy atom. The molecule has 25 heavy (non-hydrogen) atoms. The molecule has 3 rings (SSSR count). The zero-order valence-corrected chi connectivity index (χ0v) is 15.7. The molecule has 0 N–H and O–H groups in total. The predicted octanol–water partition coefficient (Wildman–Crippen LogP) is 4.37. The van der Waals surface area contributed by atoms with Gasteiger partial charge >= 0.3 is 0 Å². The van der Waals surface area contributed by atoms with Crippen molar-refractivity contribution in [2.75, 3.05) is 39.8 Å². The van der Waals surface area contributed by atoms with Gasteiger partial charge in [0.1, 0.15) is 5.82 Å². The van der Waals surface area contributed by atoms with Crippen molar-refractivity contribution in [1.82, 2.24) is 9.80 Å². The van der Waals surface area contributed by atoms with Crippen LogP contribution in [-0.4, -0.2) is 49.6 Å². The molecule has 1 aliphatic heterocycles. The third-order valence-electron chi connectivity index (χ3n) is 5.83. The summed E-state index contributed by atoms with van der Waals surface area (Å²) in [5, 5.41) is 0. The van der Waals surface area contributed by atoms with Gasteiger partial charge in [-0.25, -0.2) is 4.39 Å². The normalized spacial score (nSPS) is 22.6. The van der Waals surface area contributed by atoms with Crippen LogP contribution in [0.25, 0.3) is 0 Å². The lowest BCUT2D eigenvalue weighted by Crippen LogP contribution is -2.39. The molecule has 1 saturated heterocycles. The molecule has 1 aromatic carbocycles. The predicted molar refractivity (Wildman–Crippen MR) is 103 cm³/mol. The molecule has 3 heteroatoms. The number of likely N-dealkylation sites (tertiary alicyclic amines) is 1. The lowest BCUT2D eigenvalue weighted by atomic mass is 9.92. The van der Waals surface area contributed by atoms with Crippen LogP contribution in [0.2, 0.25) is 0 Å². The average Bonchev–Trinajstić information content (AvgIpc) is 2.62. The first-order valence-corrected chi connectivity index (χ1v) is 9.99. The SMILES string of the molecule is CN(CC1CCN(CCc2cccc(F)c2)CC1)C[C@H]1CC=CCC1. The second-order valence-corrected chi connectivity index (χ2v) is 8.04. The van der Waals surface area contributed by atoms with Gasteiger partial charge in [0.15, 0.2) is 0 Å². The quantitative estimate of drug-likeness (QED) is 0.678. The van der Waals surface area contributed by atoms with E-state index in [4.69, 9.17) is 0 Å². The van der Waals surface area contributed by atoms with Crippen LogP contribution in [0.1, 0.15) is 37.7 Å². The van der Waals surface area contributed by atoms with Crippen LogP contribution in [0.5, 0.6) is 0 Å². The van der Waals surface area contributed by atoms with Crippen LogP contribution < -0.4 is 0 Å². The maximum Gasteiger partial charge on any atom is 0.123 e. The van der Waals surface area contributed by atoms with E-state index in [0.29, 0.717) is 0 Å². The lowest BCUT2D eigenvalue weighted by molar-refractivity contribution is 0.146. The Morgan fingerprint density at radius 2 is 1.88 bits per heavy atom. The van der Waals surface area contributed by atoms with Crippen LogP contribution in [-0.2, 0) is 6.42 Å². The Hall–Kier alpha value is -1.19. The fourth-order valence-corrected chi connectivity index (χ4v) is 4.35. The molecule has 0 aromatic heterocycles. The van der Waals surface area contributed by atoms with E-state index >= 15 is 0 Å². The molecule has 1 fully saturated rings. The molecular weight excluding hydrogens is 311 g/mol. The molecule has 0 saturated carbocycles. The number of allylic oxidation sites excluding steroid dienone is 2. The Balaban J connectivity index is 1.33. The summed E-state index contributed by atoms with van der Waals surface area (Å²) in [6, 6.07) is 7.04. The average molecular weight is 345 g/mol. The van der Waals surface area contributed by atoms with Crippen LogP contribution >= 0.6 is 0 Å². The molecule has 2 aliphatic rings. The molecular formula is C22H33FN2. The number of rotatable bonds is 7. The summed E-state index contributed by atoms with van der Waals surface area (Å²) in [5.74, 6) is 1.59. The van der Waals surface area contributed by atoms with Crippen LogP contribution in [0.15, 0.2) is 36.4 Å². The van der Waals surface area contributed by atoms with Crippen LogP contribution in [0.4, 0.5) is 4.39 Å². The summed E-state index contributed by atoms with van der Waals surface area (Å²) in [5.41, 5.74) is 1.11. The van der Waals surface area contributed by atoms with Gasteiger partial charge in [-0.3, -0.25) is 0 Å². The Kier molecular flexibility index (Phi) is 7.06. The largest absolute Gasteiger partial charge is 0.306 e. The highest BCUT2D eigenvalue weighted by Gasteiger charge is 2.21. The minimum atomic E-state index is -0.118. The third-order valence-corrected chi connectivity index (χ3v) is 5.83. The second kappa shape index (κ2) is 9.49. The molecule has 1 heterocycles. The fourth-order valence-electron chi connectivity index (χ4n) is 4.35. The highest BCUT2D eigenvalue weighted by molar-refractivity contribution is 5.16. The number of benzene rings is 1. The first kappa shape index (κ1) is 18.6. The molecule has 2 nitrogen and oxygen atoms in total. The van der Waals surface area contributed by atoms with Crippen molar-refractivity contribution in [3.8, 4) is 0 Å². The smallest absolute Gasteiger partial charge is 0.123 e. The zero-order valence-electron chi connectivity index (χ0n) is 15.7. The highest BCUT2D eigenvalue weighted by atomic mass is 19.1.